The standard InChI is InChI=1S/C17H23N3O2/c1-17(2,3)13-4-6-14(7-5-13)22-12-16-19-18-15-8-10-21-11-9-20(15)16/h4-7H,8-12H2,1-3H3. The average Bonchev–Trinajstić information content (AvgIpc) is 2.72. The van der Waals surface area contributed by atoms with E-state index in [0.717, 1.165) is 30.4 Å². The normalized spacial score (nSPS) is 15.2. The van der Waals surface area contributed by atoms with Crippen molar-refractivity contribution in [1.29, 1.82) is 0 Å². The van der Waals surface area contributed by atoms with E-state index < -0.39 is 0 Å². The molecule has 0 N–H and O–H groups in total. The fraction of sp³-hybridized carbons (Fsp3) is 0.529. The van der Waals surface area contributed by atoms with Crippen LogP contribution in [0.25, 0.3) is 0 Å². The van der Waals surface area contributed by atoms with Crippen molar-refractivity contribution in [3.63, 3.8) is 0 Å². The molecule has 3 rings (SSSR count). The minimum absolute atomic E-state index is 0.156. The summed E-state index contributed by atoms with van der Waals surface area (Å²) in [4.78, 5) is 0. The zero-order chi connectivity index (χ0) is 15.6. The zero-order valence-corrected chi connectivity index (χ0v) is 13.5. The number of aromatic nitrogens is 3. The van der Waals surface area contributed by atoms with Crippen LogP contribution in [0.2, 0.25) is 0 Å². The molecule has 0 spiro atoms. The zero-order valence-electron chi connectivity index (χ0n) is 13.5. The SMILES string of the molecule is CC(C)(C)c1ccc(OCc2nnc3n2CCOCC3)cc1. The van der Waals surface area contributed by atoms with Crippen LogP contribution in [0.4, 0.5) is 0 Å². The molecule has 1 aromatic carbocycles. The molecule has 0 bridgehead atoms. The summed E-state index contributed by atoms with van der Waals surface area (Å²) >= 11 is 0. The van der Waals surface area contributed by atoms with Crippen LogP contribution in [-0.4, -0.2) is 28.0 Å². The summed E-state index contributed by atoms with van der Waals surface area (Å²) in [6, 6.07) is 8.27. The fourth-order valence-electron chi connectivity index (χ4n) is 2.54. The molecule has 0 radical (unpaired) electrons. The van der Waals surface area contributed by atoms with Crippen LogP contribution in [-0.2, 0) is 29.7 Å². The molecule has 1 aliphatic heterocycles. The molecule has 5 nitrogen and oxygen atoms in total. The van der Waals surface area contributed by atoms with Gasteiger partial charge in [0.25, 0.3) is 0 Å². The Morgan fingerprint density at radius 1 is 1.14 bits per heavy atom. The van der Waals surface area contributed by atoms with Crippen molar-refractivity contribution in [2.24, 2.45) is 0 Å². The second kappa shape index (κ2) is 6.08. The first-order valence-electron chi connectivity index (χ1n) is 7.76. The van der Waals surface area contributed by atoms with Crippen LogP contribution < -0.4 is 4.74 Å². The van der Waals surface area contributed by atoms with Gasteiger partial charge in [-0.3, -0.25) is 0 Å². The topological polar surface area (TPSA) is 49.2 Å². The van der Waals surface area contributed by atoms with E-state index >= 15 is 0 Å². The van der Waals surface area contributed by atoms with Gasteiger partial charge in [-0.1, -0.05) is 32.9 Å². The molecule has 0 atom stereocenters. The van der Waals surface area contributed by atoms with Crippen LogP contribution in [0.15, 0.2) is 24.3 Å². The minimum atomic E-state index is 0.156. The third-order valence-electron chi connectivity index (χ3n) is 3.92. The molecule has 118 valence electrons. The maximum atomic E-state index is 5.86. The van der Waals surface area contributed by atoms with Gasteiger partial charge in [0.05, 0.1) is 13.2 Å². The number of benzene rings is 1. The summed E-state index contributed by atoms with van der Waals surface area (Å²) in [6.07, 6.45) is 0.813. The van der Waals surface area contributed by atoms with E-state index in [1.807, 2.05) is 12.1 Å². The molecule has 2 heterocycles. The first-order valence-corrected chi connectivity index (χ1v) is 7.76. The van der Waals surface area contributed by atoms with Crippen molar-refractivity contribution in [1.82, 2.24) is 14.8 Å². The highest BCUT2D eigenvalue weighted by Crippen LogP contribution is 2.24. The van der Waals surface area contributed by atoms with Gasteiger partial charge in [0, 0.05) is 13.0 Å². The molecule has 1 aliphatic rings. The summed E-state index contributed by atoms with van der Waals surface area (Å²) in [5.41, 5.74) is 1.46. The predicted octanol–water partition coefficient (Wildman–Crippen LogP) is 2.73. The van der Waals surface area contributed by atoms with Crippen molar-refractivity contribution in [2.45, 2.75) is 45.8 Å². The van der Waals surface area contributed by atoms with E-state index in [9.17, 15) is 0 Å². The van der Waals surface area contributed by atoms with Crippen molar-refractivity contribution >= 4 is 0 Å². The van der Waals surface area contributed by atoms with Crippen molar-refractivity contribution in [2.75, 3.05) is 13.2 Å². The number of rotatable bonds is 3. The molecular formula is C17H23N3O2. The third kappa shape index (κ3) is 3.30. The Bertz CT molecular complexity index is 626. The van der Waals surface area contributed by atoms with Gasteiger partial charge < -0.3 is 14.0 Å². The quantitative estimate of drug-likeness (QED) is 0.874. The Balaban J connectivity index is 1.67. The van der Waals surface area contributed by atoms with Crippen molar-refractivity contribution in [3.8, 4) is 5.75 Å². The highest BCUT2D eigenvalue weighted by Gasteiger charge is 2.16. The number of hydrogen-bond donors (Lipinski definition) is 0. The molecule has 2 aromatic rings. The second-order valence-corrected chi connectivity index (χ2v) is 6.61. The molecule has 0 amide bonds. The summed E-state index contributed by atoms with van der Waals surface area (Å²) in [6.45, 7) is 9.26. The van der Waals surface area contributed by atoms with Crippen LogP contribution in [0.3, 0.4) is 0 Å². The first kappa shape index (κ1) is 15.0. The average molecular weight is 301 g/mol. The largest absolute Gasteiger partial charge is 0.486 e. The van der Waals surface area contributed by atoms with E-state index in [4.69, 9.17) is 9.47 Å². The van der Waals surface area contributed by atoms with E-state index in [1.165, 1.54) is 5.56 Å². The Morgan fingerprint density at radius 3 is 2.64 bits per heavy atom. The van der Waals surface area contributed by atoms with Crippen LogP contribution in [0.1, 0.15) is 38.0 Å². The molecule has 5 heteroatoms. The van der Waals surface area contributed by atoms with Gasteiger partial charge in [0.2, 0.25) is 0 Å². The highest BCUT2D eigenvalue weighted by molar-refractivity contribution is 5.31. The third-order valence-corrected chi connectivity index (χ3v) is 3.92. The summed E-state index contributed by atoms with van der Waals surface area (Å²) in [7, 11) is 0. The van der Waals surface area contributed by atoms with Gasteiger partial charge in [0.15, 0.2) is 5.82 Å². The van der Waals surface area contributed by atoms with Gasteiger partial charge >= 0.3 is 0 Å². The fourth-order valence-corrected chi connectivity index (χ4v) is 2.54. The van der Waals surface area contributed by atoms with Crippen LogP contribution in [0, 0.1) is 0 Å². The Morgan fingerprint density at radius 2 is 1.91 bits per heavy atom. The number of nitrogens with zero attached hydrogens (tertiary/aromatic N) is 3. The minimum Gasteiger partial charge on any atom is -0.486 e. The molecule has 0 aliphatic carbocycles. The number of hydrogen-bond acceptors (Lipinski definition) is 4. The van der Waals surface area contributed by atoms with Gasteiger partial charge in [0.1, 0.15) is 18.2 Å². The van der Waals surface area contributed by atoms with E-state index in [0.29, 0.717) is 19.8 Å². The molecular weight excluding hydrogens is 278 g/mol. The summed E-state index contributed by atoms with van der Waals surface area (Å²) < 4.78 is 13.4. The van der Waals surface area contributed by atoms with Crippen LogP contribution >= 0.6 is 0 Å². The molecule has 1 aromatic heterocycles. The molecule has 0 fully saturated rings. The lowest BCUT2D eigenvalue weighted by molar-refractivity contribution is 0.139. The van der Waals surface area contributed by atoms with Gasteiger partial charge in [-0.15, -0.1) is 10.2 Å². The Kier molecular flexibility index (Phi) is 4.16. The Labute approximate surface area is 131 Å². The number of ether oxygens (including phenoxy) is 2. The number of fused-ring (bicyclic) bond motifs is 1. The van der Waals surface area contributed by atoms with E-state index in [2.05, 4.69) is 47.7 Å². The van der Waals surface area contributed by atoms with E-state index in [-0.39, 0.29) is 5.41 Å². The maximum Gasteiger partial charge on any atom is 0.171 e. The van der Waals surface area contributed by atoms with Gasteiger partial charge in [-0.25, -0.2) is 0 Å². The maximum absolute atomic E-state index is 5.86. The molecule has 0 unspecified atom stereocenters. The van der Waals surface area contributed by atoms with Gasteiger partial charge in [-0.2, -0.15) is 0 Å². The molecule has 0 saturated heterocycles. The smallest absolute Gasteiger partial charge is 0.171 e. The molecule has 0 saturated carbocycles. The first-order chi connectivity index (χ1) is 10.5. The summed E-state index contributed by atoms with van der Waals surface area (Å²) in [5.74, 6) is 2.70. The lowest BCUT2D eigenvalue weighted by Gasteiger charge is -2.19. The molecule has 22 heavy (non-hydrogen) atoms. The summed E-state index contributed by atoms with van der Waals surface area (Å²) in [5, 5.41) is 8.47. The monoisotopic (exact) mass is 301 g/mol. The van der Waals surface area contributed by atoms with Crippen LogP contribution in [0.5, 0.6) is 5.75 Å². The predicted molar refractivity (Wildman–Crippen MR) is 84.0 cm³/mol. The van der Waals surface area contributed by atoms with E-state index in [1.54, 1.807) is 0 Å². The van der Waals surface area contributed by atoms with Crippen molar-refractivity contribution in [3.05, 3.63) is 41.5 Å². The lowest BCUT2D eigenvalue weighted by Crippen LogP contribution is -2.12. The highest BCUT2D eigenvalue weighted by atomic mass is 16.5. The van der Waals surface area contributed by atoms with Crippen molar-refractivity contribution < 1.29 is 9.47 Å². The van der Waals surface area contributed by atoms with Gasteiger partial charge in [-0.05, 0) is 23.1 Å². The lowest BCUT2D eigenvalue weighted by atomic mass is 9.87. The Hall–Kier alpha value is -1.88. The second-order valence-electron chi connectivity index (χ2n) is 6.61.